The number of halogens is 4. The topological polar surface area (TPSA) is 54.0 Å². The summed E-state index contributed by atoms with van der Waals surface area (Å²) in [5, 5.41) is 6.40. The maximum absolute atomic E-state index is 14.0. The molecule has 0 aliphatic rings. The van der Waals surface area contributed by atoms with E-state index >= 15 is 0 Å². The van der Waals surface area contributed by atoms with Crippen LogP contribution in [0.2, 0.25) is 0 Å². The predicted octanol–water partition coefficient (Wildman–Crippen LogP) is 6.32. The van der Waals surface area contributed by atoms with E-state index in [1.165, 1.54) is 18.3 Å². The van der Waals surface area contributed by atoms with Gasteiger partial charge in [0.05, 0.1) is 0 Å². The van der Waals surface area contributed by atoms with E-state index < -0.39 is 17.9 Å². The number of aromatic nitrogens is 1. The van der Waals surface area contributed by atoms with Gasteiger partial charge in [-0.15, -0.1) is 0 Å². The molecule has 0 aliphatic carbocycles. The molecule has 0 spiro atoms. The van der Waals surface area contributed by atoms with Gasteiger partial charge in [-0.3, -0.25) is 15.1 Å². The minimum Gasteiger partial charge on any atom is -0.354 e. The molecule has 36 heavy (non-hydrogen) atoms. The molecule has 2 N–H and O–H groups in total. The zero-order chi connectivity index (χ0) is 26.3. The van der Waals surface area contributed by atoms with Crippen LogP contribution in [0.25, 0.3) is 0 Å². The Morgan fingerprint density at radius 3 is 2.31 bits per heavy atom. The highest BCUT2D eigenvalue weighted by Crippen LogP contribution is 2.29. The van der Waals surface area contributed by atoms with Crippen molar-refractivity contribution in [1.82, 2.24) is 15.6 Å². The third kappa shape index (κ3) is 7.62. The first kappa shape index (κ1) is 27.3. The Morgan fingerprint density at radius 2 is 1.72 bits per heavy atom. The number of rotatable bonds is 10. The van der Waals surface area contributed by atoms with Gasteiger partial charge in [-0.05, 0) is 60.1 Å². The van der Waals surface area contributed by atoms with Crippen molar-refractivity contribution in [2.75, 3.05) is 6.54 Å². The molecule has 8 heteroatoms. The molecule has 1 heterocycles. The molecule has 2 aromatic carbocycles. The van der Waals surface area contributed by atoms with Crippen LogP contribution in [0.15, 0.2) is 66.9 Å². The molecule has 0 saturated heterocycles. The second-order valence-corrected chi connectivity index (χ2v) is 9.30. The first-order valence-corrected chi connectivity index (χ1v) is 11.9. The van der Waals surface area contributed by atoms with Crippen LogP contribution >= 0.6 is 0 Å². The first-order chi connectivity index (χ1) is 17.0. The standard InChI is InChI=1S/C28H31F4N3O/c1-18(2)16-34-27(36)26(21-7-5-4-6-8-21)35-24(22-11-12-23(29)19(3)15-22)13-9-20-10-14-25(33-17-20)28(30,31)32/h4-8,10-12,14-15,17-18,24,26,35H,9,13,16H2,1-3H3,(H,34,36)/t24-,26+/m1/s1. The van der Waals surface area contributed by atoms with E-state index in [9.17, 15) is 22.4 Å². The predicted molar refractivity (Wildman–Crippen MR) is 132 cm³/mol. The Balaban J connectivity index is 1.88. The number of aryl methyl sites for hydroxylation is 2. The van der Waals surface area contributed by atoms with Gasteiger partial charge in [-0.2, -0.15) is 13.2 Å². The summed E-state index contributed by atoms with van der Waals surface area (Å²) in [6.07, 6.45) is -2.41. The highest BCUT2D eigenvalue weighted by atomic mass is 19.4. The maximum atomic E-state index is 14.0. The molecule has 0 bridgehead atoms. The van der Waals surface area contributed by atoms with Crippen molar-refractivity contribution in [2.24, 2.45) is 5.92 Å². The van der Waals surface area contributed by atoms with E-state index in [1.807, 2.05) is 44.2 Å². The fourth-order valence-corrected chi connectivity index (χ4v) is 3.86. The Labute approximate surface area is 209 Å². The summed E-state index contributed by atoms with van der Waals surface area (Å²) < 4.78 is 52.6. The molecule has 0 radical (unpaired) electrons. The van der Waals surface area contributed by atoms with Gasteiger partial charge in [0.1, 0.15) is 17.6 Å². The summed E-state index contributed by atoms with van der Waals surface area (Å²) >= 11 is 0. The summed E-state index contributed by atoms with van der Waals surface area (Å²) in [5.41, 5.74) is 1.72. The summed E-state index contributed by atoms with van der Waals surface area (Å²) in [4.78, 5) is 16.7. The molecule has 3 rings (SSSR count). The molecular formula is C28H31F4N3O. The third-order valence-corrected chi connectivity index (χ3v) is 5.87. The van der Waals surface area contributed by atoms with Gasteiger partial charge in [-0.1, -0.05) is 62.4 Å². The number of nitrogens with one attached hydrogen (secondary N) is 2. The van der Waals surface area contributed by atoms with Crippen molar-refractivity contribution in [3.05, 3.63) is 101 Å². The third-order valence-electron chi connectivity index (χ3n) is 5.87. The van der Waals surface area contributed by atoms with E-state index in [1.54, 1.807) is 19.1 Å². The molecule has 0 saturated carbocycles. The van der Waals surface area contributed by atoms with Crippen molar-refractivity contribution < 1.29 is 22.4 Å². The minimum absolute atomic E-state index is 0.185. The number of alkyl halides is 3. The molecular weight excluding hydrogens is 470 g/mol. The Kier molecular flexibility index (Phi) is 9.20. The van der Waals surface area contributed by atoms with Crippen LogP contribution in [-0.4, -0.2) is 17.4 Å². The molecule has 0 fully saturated rings. The largest absolute Gasteiger partial charge is 0.433 e. The lowest BCUT2D eigenvalue weighted by atomic mass is 9.95. The van der Waals surface area contributed by atoms with Gasteiger partial charge in [0.15, 0.2) is 0 Å². The molecule has 4 nitrogen and oxygen atoms in total. The van der Waals surface area contributed by atoms with Crippen LogP contribution in [0, 0.1) is 18.7 Å². The molecule has 0 aliphatic heterocycles. The van der Waals surface area contributed by atoms with E-state index in [0.29, 0.717) is 30.5 Å². The number of benzene rings is 2. The number of nitrogens with zero attached hydrogens (tertiary/aromatic N) is 1. The smallest absolute Gasteiger partial charge is 0.354 e. The first-order valence-electron chi connectivity index (χ1n) is 11.9. The highest BCUT2D eigenvalue weighted by molar-refractivity contribution is 5.83. The van der Waals surface area contributed by atoms with Gasteiger partial charge in [0.2, 0.25) is 5.91 Å². The SMILES string of the molecule is Cc1cc([C@@H](CCc2ccc(C(F)(F)F)nc2)N[C@H](C(=O)NCC(C)C)c2ccccc2)ccc1F. The van der Waals surface area contributed by atoms with E-state index in [2.05, 4.69) is 15.6 Å². The van der Waals surface area contributed by atoms with Gasteiger partial charge in [0.25, 0.3) is 0 Å². The zero-order valence-electron chi connectivity index (χ0n) is 20.6. The summed E-state index contributed by atoms with van der Waals surface area (Å²) in [7, 11) is 0. The van der Waals surface area contributed by atoms with Crippen LogP contribution in [0.1, 0.15) is 60.3 Å². The summed E-state index contributed by atoms with van der Waals surface area (Å²) in [5.74, 6) is -0.248. The van der Waals surface area contributed by atoms with Crippen LogP contribution in [0.4, 0.5) is 17.6 Å². The highest BCUT2D eigenvalue weighted by Gasteiger charge is 2.32. The maximum Gasteiger partial charge on any atom is 0.433 e. The lowest BCUT2D eigenvalue weighted by Gasteiger charge is -2.27. The van der Waals surface area contributed by atoms with Crippen molar-refractivity contribution in [2.45, 2.75) is 51.9 Å². The molecule has 1 aromatic heterocycles. The fraction of sp³-hybridized carbons (Fsp3) is 0.357. The number of pyridine rings is 1. The van der Waals surface area contributed by atoms with Gasteiger partial charge >= 0.3 is 6.18 Å². The summed E-state index contributed by atoms with van der Waals surface area (Å²) in [6.45, 7) is 6.20. The quantitative estimate of drug-likeness (QED) is 0.320. The normalized spacial score (nSPS) is 13.4. The molecule has 2 atom stereocenters. The Morgan fingerprint density at radius 1 is 1.00 bits per heavy atom. The monoisotopic (exact) mass is 501 g/mol. The average molecular weight is 502 g/mol. The molecule has 1 amide bonds. The lowest BCUT2D eigenvalue weighted by Crippen LogP contribution is -2.40. The van der Waals surface area contributed by atoms with Gasteiger partial charge in [-0.25, -0.2) is 4.39 Å². The number of hydrogen-bond donors (Lipinski definition) is 2. The number of carbonyl (C=O) groups excluding carboxylic acids is 1. The second-order valence-electron chi connectivity index (χ2n) is 9.30. The zero-order valence-corrected chi connectivity index (χ0v) is 20.6. The van der Waals surface area contributed by atoms with Crippen LogP contribution < -0.4 is 10.6 Å². The Hall–Kier alpha value is -3.26. The van der Waals surface area contributed by atoms with Crippen LogP contribution in [-0.2, 0) is 17.4 Å². The number of hydrogen-bond acceptors (Lipinski definition) is 3. The average Bonchev–Trinajstić information content (AvgIpc) is 2.84. The van der Waals surface area contributed by atoms with Crippen molar-refractivity contribution in [1.29, 1.82) is 0 Å². The molecule has 192 valence electrons. The van der Waals surface area contributed by atoms with E-state index in [4.69, 9.17) is 0 Å². The second kappa shape index (κ2) is 12.1. The summed E-state index contributed by atoms with van der Waals surface area (Å²) in [6, 6.07) is 15.4. The van der Waals surface area contributed by atoms with Gasteiger partial charge < -0.3 is 5.32 Å². The van der Waals surface area contributed by atoms with Crippen molar-refractivity contribution in [3.63, 3.8) is 0 Å². The van der Waals surface area contributed by atoms with E-state index in [-0.39, 0.29) is 23.7 Å². The van der Waals surface area contributed by atoms with Crippen LogP contribution in [0.5, 0.6) is 0 Å². The minimum atomic E-state index is -4.50. The number of amides is 1. The van der Waals surface area contributed by atoms with E-state index in [0.717, 1.165) is 17.2 Å². The molecule has 3 aromatic rings. The van der Waals surface area contributed by atoms with Gasteiger partial charge in [0, 0.05) is 18.8 Å². The molecule has 0 unspecified atom stereocenters. The Bertz CT molecular complexity index is 1130. The fourth-order valence-electron chi connectivity index (χ4n) is 3.86. The van der Waals surface area contributed by atoms with Crippen molar-refractivity contribution in [3.8, 4) is 0 Å². The van der Waals surface area contributed by atoms with Crippen molar-refractivity contribution >= 4 is 5.91 Å². The number of carbonyl (C=O) groups is 1. The van der Waals surface area contributed by atoms with Crippen LogP contribution in [0.3, 0.4) is 0 Å². The lowest BCUT2D eigenvalue weighted by molar-refractivity contribution is -0.141.